The number of benzene rings is 2. The molecule has 4 nitrogen and oxygen atoms in total. The molecule has 0 radical (unpaired) electrons. The van der Waals surface area contributed by atoms with Crippen LogP contribution in [0.5, 0.6) is 0 Å². The molecule has 0 saturated carbocycles. The lowest BCUT2D eigenvalue weighted by atomic mass is 10.1. The van der Waals surface area contributed by atoms with Crippen molar-refractivity contribution in [2.75, 3.05) is 0 Å². The van der Waals surface area contributed by atoms with E-state index in [1.165, 1.54) is 0 Å². The molecule has 132 valence electrons. The van der Waals surface area contributed by atoms with Crippen LogP contribution < -0.4 is 0 Å². The van der Waals surface area contributed by atoms with Crippen LogP contribution in [0.3, 0.4) is 0 Å². The second-order valence-corrected chi connectivity index (χ2v) is 7.38. The normalized spacial score (nSPS) is 11.0. The van der Waals surface area contributed by atoms with Crippen molar-refractivity contribution in [2.24, 2.45) is 0 Å². The Labute approximate surface area is 160 Å². The molecular weight excluding hydrogens is 356 g/mol. The quantitative estimate of drug-likeness (QED) is 0.453. The average Bonchev–Trinajstić information content (AvgIpc) is 2.67. The maximum Gasteiger partial charge on any atom is 0.159 e. The number of pyridine rings is 2. The first-order valence-corrected chi connectivity index (χ1v) is 9.32. The summed E-state index contributed by atoms with van der Waals surface area (Å²) in [6, 6.07) is 15.1. The van der Waals surface area contributed by atoms with Gasteiger partial charge in [-0.2, -0.15) is 0 Å². The summed E-state index contributed by atoms with van der Waals surface area (Å²) in [7, 11) is 0. The predicted octanol–water partition coefficient (Wildman–Crippen LogP) is 5.34. The van der Waals surface area contributed by atoms with E-state index in [4.69, 9.17) is 0 Å². The third kappa shape index (κ3) is 3.34. The first-order chi connectivity index (χ1) is 13.0. The second kappa shape index (κ2) is 6.93. The third-order valence-electron chi connectivity index (χ3n) is 4.44. The molecule has 4 aromatic rings. The number of carbonyl (C=O) groups excluding carboxylic acids is 2. The topological polar surface area (TPSA) is 59.9 Å². The summed E-state index contributed by atoms with van der Waals surface area (Å²) in [5.41, 5.74) is 2.90. The molecule has 27 heavy (non-hydrogen) atoms. The Morgan fingerprint density at radius 3 is 1.56 bits per heavy atom. The summed E-state index contributed by atoms with van der Waals surface area (Å²) < 4.78 is 0. The van der Waals surface area contributed by atoms with Gasteiger partial charge >= 0.3 is 0 Å². The summed E-state index contributed by atoms with van der Waals surface area (Å²) >= 11 is 1.63. The Kier molecular flexibility index (Phi) is 4.46. The first kappa shape index (κ1) is 17.4. The number of rotatable bonds is 4. The molecule has 0 fully saturated rings. The van der Waals surface area contributed by atoms with E-state index >= 15 is 0 Å². The van der Waals surface area contributed by atoms with Crippen molar-refractivity contribution < 1.29 is 9.59 Å². The largest absolute Gasteiger partial charge is 0.295 e. The van der Waals surface area contributed by atoms with Crippen LogP contribution in [0.15, 0.2) is 70.7 Å². The van der Waals surface area contributed by atoms with Gasteiger partial charge in [0.05, 0.1) is 11.0 Å². The van der Waals surface area contributed by atoms with E-state index in [0.29, 0.717) is 11.1 Å². The van der Waals surface area contributed by atoms with Gasteiger partial charge in [0.2, 0.25) is 0 Å². The van der Waals surface area contributed by atoms with Gasteiger partial charge in [-0.25, -0.2) is 0 Å². The molecule has 0 spiro atoms. The molecule has 0 aliphatic rings. The highest BCUT2D eigenvalue weighted by Gasteiger charge is 2.10. The summed E-state index contributed by atoms with van der Waals surface area (Å²) in [6.45, 7) is 3.11. The second-order valence-electron chi connectivity index (χ2n) is 6.30. The van der Waals surface area contributed by atoms with Crippen molar-refractivity contribution >= 4 is 45.1 Å². The zero-order chi connectivity index (χ0) is 19.0. The van der Waals surface area contributed by atoms with E-state index in [1.807, 2.05) is 48.5 Å². The van der Waals surface area contributed by atoms with Gasteiger partial charge in [-0.05, 0) is 38.1 Å². The summed E-state index contributed by atoms with van der Waals surface area (Å²) in [5.74, 6) is 0.0521. The lowest BCUT2D eigenvalue weighted by Crippen LogP contribution is -1.93. The molecule has 0 aliphatic heterocycles. The van der Waals surface area contributed by atoms with Gasteiger partial charge in [0.1, 0.15) is 0 Å². The monoisotopic (exact) mass is 372 g/mol. The molecule has 0 aliphatic carbocycles. The van der Waals surface area contributed by atoms with E-state index in [-0.39, 0.29) is 11.6 Å². The van der Waals surface area contributed by atoms with Crippen molar-refractivity contribution in [3.05, 3.63) is 72.1 Å². The number of nitrogens with zero attached hydrogens (tertiary/aromatic N) is 2. The average molecular weight is 372 g/mol. The van der Waals surface area contributed by atoms with E-state index in [1.54, 1.807) is 38.0 Å². The number of ketones is 2. The summed E-state index contributed by atoms with van der Waals surface area (Å²) in [4.78, 5) is 34.2. The Morgan fingerprint density at radius 1 is 0.704 bits per heavy atom. The maximum absolute atomic E-state index is 11.6. The number of fused-ring (bicyclic) bond motifs is 2. The van der Waals surface area contributed by atoms with Gasteiger partial charge in [0.15, 0.2) is 11.6 Å². The number of Topliss-reactive ketones (excluding diaryl/α,β-unsaturated/α-hetero) is 2. The van der Waals surface area contributed by atoms with Crippen LogP contribution in [-0.2, 0) is 0 Å². The number of aromatic nitrogens is 2. The fourth-order valence-electron chi connectivity index (χ4n) is 2.98. The number of hydrogen-bond acceptors (Lipinski definition) is 5. The minimum Gasteiger partial charge on any atom is -0.295 e. The SMILES string of the molecule is CC(=O)c1ccc2c(Sc3ccnc4cc(C(C)=O)ccc34)ccnc2c1. The Balaban J connectivity index is 1.80. The van der Waals surface area contributed by atoms with E-state index in [0.717, 1.165) is 31.6 Å². The van der Waals surface area contributed by atoms with Crippen LogP contribution in [-0.4, -0.2) is 21.5 Å². The van der Waals surface area contributed by atoms with Crippen LogP contribution >= 0.6 is 11.8 Å². The Bertz CT molecular complexity index is 1120. The Hall–Kier alpha value is -3.05. The zero-order valence-corrected chi connectivity index (χ0v) is 15.7. The lowest BCUT2D eigenvalue weighted by Gasteiger charge is -2.09. The predicted molar refractivity (Wildman–Crippen MR) is 108 cm³/mol. The molecule has 4 rings (SSSR count). The van der Waals surface area contributed by atoms with E-state index in [9.17, 15) is 9.59 Å². The maximum atomic E-state index is 11.6. The minimum atomic E-state index is 0.0261. The molecule has 0 atom stereocenters. The highest BCUT2D eigenvalue weighted by molar-refractivity contribution is 7.99. The molecule has 2 aromatic carbocycles. The molecular formula is C22H16N2O2S. The van der Waals surface area contributed by atoms with Crippen LogP contribution in [0.4, 0.5) is 0 Å². The molecule has 0 bridgehead atoms. The first-order valence-electron chi connectivity index (χ1n) is 8.50. The minimum absolute atomic E-state index is 0.0261. The van der Waals surface area contributed by atoms with Crippen molar-refractivity contribution in [2.45, 2.75) is 23.6 Å². The smallest absolute Gasteiger partial charge is 0.159 e. The number of carbonyl (C=O) groups is 2. The molecule has 0 amide bonds. The standard InChI is InChI=1S/C22H16N2O2S/c1-13(25)15-3-5-17-19(11-15)23-9-7-21(17)27-22-8-10-24-20-12-16(14(2)26)4-6-18(20)22/h3-12H,1-2H3. The van der Waals surface area contributed by atoms with Crippen LogP contribution in [0.25, 0.3) is 21.8 Å². The van der Waals surface area contributed by atoms with Crippen molar-refractivity contribution in [1.82, 2.24) is 9.97 Å². The van der Waals surface area contributed by atoms with Crippen LogP contribution in [0, 0.1) is 0 Å². The van der Waals surface area contributed by atoms with Crippen LogP contribution in [0.1, 0.15) is 34.6 Å². The van der Waals surface area contributed by atoms with Crippen LogP contribution in [0.2, 0.25) is 0 Å². The van der Waals surface area contributed by atoms with Gasteiger partial charge in [-0.1, -0.05) is 36.0 Å². The zero-order valence-electron chi connectivity index (χ0n) is 14.9. The fraction of sp³-hybridized carbons (Fsp3) is 0.0909. The van der Waals surface area contributed by atoms with Crippen molar-refractivity contribution in [3.8, 4) is 0 Å². The Morgan fingerprint density at radius 2 is 1.15 bits per heavy atom. The molecule has 0 unspecified atom stereocenters. The highest BCUT2D eigenvalue weighted by Crippen LogP contribution is 2.36. The molecule has 2 heterocycles. The fourth-order valence-corrected chi connectivity index (χ4v) is 4.04. The highest BCUT2D eigenvalue weighted by atomic mass is 32.2. The summed E-state index contributed by atoms with van der Waals surface area (Å²) in [5, 5.41) is 2.00. The van der Waals surface area contributed by atoms with Gasteiger partial charge in [-0.3, -0.25) is 19.6 Å². The molecule has 2 aromatic heterocycles. The van der Waals surface area contributed by atoms with Crippen molar-refractivity contribution in [3.63, 3.8) is 0 Å². The van der Waals surface area contributed by atoms with Crippen molar-refractivity contribution in [1.29, 1.82) is 0 Å². The van der Waals surface area contributed by atoms with Gasteiger partial charge < -0.3 is 0 Å². The summed E-state index contributed by atoms with van der Waals surface area (Å²) in [6.07, 6.45) is 3.51. The van der Waals surface area contributed by atoms with E-state index in [2.05, 4.69) is 9.97 Å². The lowest BCUT2D eigenvalue weighted by molar-refractivity contribution is 0.100. The molecule has 0 saturated heterocycles. The van der Waals surface area contributed by atoms with Gasteiger partial charge in [0, 0.05) is 44.1 Å². The van der Waals surface area contributed by atoms with Gasteiger partial charge in [-0.15, -0.1) is 0 Å². The molecule has 0 N–H and O–H groups in total. The third-order valence-corrected chi connectivity index (χ3v) is 5.59. The van der Waals surface area contributed by atoms with Gasteiger partial charge in [0.25, 0.3) is 0 Å². The number of hydrogen-bond donors (Lipinski definition) is 0. The van der Waals surface area contributed by atoms with E-state index < -0.39 is 0 Å². The molecule has 5 heteroatoms.